The van der Waals surface area contributed by atoms with Crippen molar-refractivity contribution >= 4 is 5.96 Å². The summed E-state index contributed by atoms with van der Waals surface area (Å²) in [6.45, 7) is 13.9. The van der Waals surface area contributed by atoms with E-state index in [1.54, 1.807) is 0 Å². The number of aliphatic imine (C=N–C) groups is 1. The van der Waals surface area contributed by atoms with E-state index in [0.717, 1.165) is 76.5 Å². The number of rotatable bonds is 8. The molecule has 6 heteroatoms. The van der Waals surface area contributed by atoms with E-state index in [4.69, 9.17) is 14.5 Å². The molecule has 0 aromatic heterocycles. The number of nitrogens with zero attached hydrogens (tertiary/aromatic N) is 3. The van der Waals surface area contributed by atoms with Crippen LogP contribution in [0.5, 0.6) is 5.75 Å². The van der Waals surface area contributed by atoms with Crippen LogP contribution in [0.25, 0.3) is 0 Å². The summed E-state index contributed by atoms with van der Waals surface area (Å²) in [6.07, 6.45) is 2.17. The Balaban J connectivity index is 1.41. The lowest BCUT2D eigenvalue weighted by atomic mass is 10.1. The van der Waals surface area contributed by atoms with Crippen LogP contribution < -0.4 is 10.1 Å². The van der Waals surface area contributed by atoms with Gasteiger partial charge < -0.3 is 19.7 Å². The molecule has 2 aliphatic heterocycles. The molecule has 1 N–H and O–H groups in total. The minimum Gasteiger partial charge on any atom is -0.493 e. The molecule has 0 aliphatic carbocycles. The minimum absolute atomic E-state index is 0.702. The Labute approximate surface area is 169 Å². The molecule has 156 valence electrons. The van der Waals surface area contributed by atoms with Crippen molar-refractivity contribution in [3.8, 4) is 5.75 Å². The third kappa shape index (κ3) is 6.38. The van der Waals surface area contributed by atoms with Crippen molar-refractivity contribution in [2.75, 3.05) is 65.6 Å². The molecule has 28 heavy (non-hydrogen) atoms. The number of guanidine groups is 1. The molecule has 1 aromatic carbocycles. The topological polar surface area (TPSA) is 49.3 Å². The van der Waals surface area contributed by atoms with Crippen molar-refractivity contribution in [1.29, 1.82) is 0 Å². The molecule has 2 aliphatic rings. The highest BCUT2D eigenvalue weighted by molar-refractivity contribution is 5.80. The number of nitrogens with one attached hydrogen (secondary N) is 1. The highest BCUT2D eigenvalue weighted by atomic mass is 16.5. The predicted molar refractivity (Wildman–Crippen MR) is 114 cm³/mol. The van der Waals surface area contributed by atoms with Crippen LogP contribution in [0.4, 0.5) is 0 Å². The Hall–Kier alpha value is -1.79. The maximum atomic E-state index is 5.89. The first-order valence-electron chi connectivity index (χ1n) is 10.8. The molecule has 1 aromatic rings. The molecule has 2 saturated heterocycles. The van der Waals surface area contributed by atoms with E-state index in [9.17, 15) is 0 Å². The van der Waals surface area contributed by atoms with Crippen LogP contribution in [0, 0.1) is 12.8 Å². The highest BCUT2D eigenvalue weighted by Crippen LogP contribution is 2.19. The van der Waals surface area contributed by atoms with E-state index in [1.807, 2.05) is 18.2 Å². The molecule has 3 rings (SSSR count). The monoisotopic (exact) mass is 388 g/mol. The molecule has 0 spiro atoms. The number of morpholine rings is 1. The van der Waals surface area contributed by atoms with Gasteiger partial charge in [-0.1, -0.05) is 18.2 Å². The molecule has 2 fully saturated rings. The molecular weight excluding hydrogens is 352 g/mol. The van der Waals surface area contributed by atoms with Crippen LogP contribution in [0.1, 0.15) is 25.3 Å². The number of benzene rings is 1. The standard InChI is InChI=1S/C22H36N4O2/c1-3-23-22(24-10-6-14-28-21-8-5-4-7-19(21)2)26-11-9-20(18-26)17-25-12-15-27-16-13-25/h4-5,7-8,20H,3,6,9-18H2,1-2H3,(H,23,24). The highest BCUT2D eigenvalue weighted by Gasteiger charge is 2.27. The molecule has 0 bridgehead atoms. The van der Waals surface area contributed by atoms with Crippen molar-refractivity contribution in [1.82, 2.24) is 15.1 Å². The zero-order chi connectivity index (χ0) is 19.6. The zero-order valence-corrected chi connectivity index (χ0v) is 17.5. The Morgan fingerprint density at radius 3 is 2.86 bits per heavy atom. The van der Waals surface area contributed by atoms with Gasteiger partial charge >= 0.3 is 0 Å². The number of hydrogen-bond acceptors (Lipinski definition) is 4. The molecule has 1 atom stereocenters. The van der Waals surface area contributed by atoms with Crippen LogP contribution in [-0.2, 0) is 4.74 Å². The summed E-state index contributed by atoms with van der Waals surface area (Å²) in [7, 11) is 0. The minimum atomic E-state index is 0.702. The van der Waals surface area contributed by atoms with Crippen molar-refractivity contribution in [3.63, 3.8) is 0 Å². The third-order valence-corrected chi connectivity index (χ3v) is 5.46. The average molecular weight is 389 g/mol. The van der Waals surface area contributed by atoms with Crippen LogP contribution in [-0.4, -0.2) is 81.4 Å². The van der Waals surface area contributed by atoms with Gasteiger partial charge in [0.15, 0.2) is 5.96 Å². The molecular formula is C22H36N4O2. The lowest BCUT2D eigenvalue weighted by Crippen LogP contribution is -2.42. The number of hydrogen-bond donors (Lipinski definition) is 1. The van der Waals surface area contributed by atoms with Gasteiger partial charge in [0.2, 0.25) is 0 Å². The Bertz CT molecular complexity index is 616. The van der Waals surface area contributed by atoms with Crippen LogP contribution in [0.15, 0.2) is 29.3 Å². The molecule has 0 saturated carbocycles. The Morgan fingerprint density at radius 1 is 1.25 bits per heavy atom. The summed E-state index contributed by atoms with van der Waals surface area (Å²) in [5, 5.41) is 3.47. The van der Waals surface area contributed by atoms with Gasteiger partial charge in [0, 0.05) is 52.2 Å². The van der Waals surface area contributed by atoms with Gasteiger partial charge in [-0.15, -0.1) is 0 Å². The second kappa shape index (κ2) is 11.3. The smallest absolute Gasteiger partial charge is 0.193 e. The van der Waals surface area contributed by atoms with Gasteiger partial charge in [-0.2, -0.15) is 0 Å². The number of aryl methyl sites for hydroxylation is 1. The van der Waals surface area contributed by atoms with Gasteiger partial charge in [0.1, 0.15) is 5.75 Å². The molecule has 1 unspecified atom stereocenters. The fourth-order valence-corrected chi connectivity index (χ4v) is 3.90. The van der Waals surface area contributed by atoms with E-state index in [-0.39, 0.29) is 0 Å². The maximum Gasteiger partial charge on any atom is 0.193 e. The fraction of sp³-hybridized carbons (Fsp3) is 0.682. The van der Waals surface area contributed by atoms with Gasteiger partial charge in [-0.05, 0) is 37.8 Å². The number of ether oxygens (including phenoxy) is 2. The normalized spacial score (nSPS) is 21.1. The zero-order valence-electron chi connectivity index (χ0n) is 17.5. The Kier molecular flexibility index (Phi) is 8.42. The first-order valence-corrected chi connectivity index (χ1v) is 10.8. The second-order valence-corrected chi connectivity index (χ2v) is 7.72. The summed E-state index contributed by atoms with van der Waals surface area (Å²) < 4.78 is 11.3. The maximum absolute atomic E-state index is 5.89. The quantitative estimate of drug-likeness (QED) is 0.421. The molecule has 0 radical (unpaired) electrons. The fourth-order valence-electron chi connectivity index (χ4n) is 3.90. The SMILES string of the molecule is CCNC(=NCCCOc1ccccc1C)N1CCC(CN2CCOCC2)C1. The van der Waals surface area contributed by atoms with E-state index in [0.29, 0.717) is 6.61 Å². The third-order valence-electron chi connectivity index (χ3n) is 5.46. The van der Waals surface area contributed by atoms with Crippen molar-refractivity contribution in [2.24, 2.45) is 10.9 Å². The summed E-state index contributed by atoms with van der Waals surface area (Å²) in [4.78, 5) is 9.82. The van der Waals surface area contributed by atoms with Crippen molar-refractivity contribution < 1.29 is 9.47 Å². The van der Waals surface area contributed by atoms with Crippen LogP contribution in [0.3, 0.4) is 0 Å². The lowest BCUT2D eigenvalue weighted by Gasteiger charge is -2.29. The number of likely N-dealkylation sites (tertiary alicyclic amines) is 1. The Morgan fingerprint density at radius 2 is 2.07 bits per heavy atom. The lowest BCUT2D eigenvalue weighted by molar-refractivity contribution is 0.0315. The number of para-hydroxylation sites is 1. The van der Waals surface area contributed by atoms with Gasteiger partial charge in [-0.3, -0.25) is 9.89 Å². The van der Waals surface area contributed by atoms with Crippen molar-refractivity contribution in [2.45, 2.75) is 26.7 Å². The molecule has 2 heterocycles. The largest absolute Gasteiger partial charge is 0.493 e. The van der Waals surface area contributed by atoms with Gasteiger partial charge in [0.05, 0.1) is 19.8 Å². The average Bonchev–Trinajstić information content (AvgIpc) is 3.17. The van der Waals surface area contributed by atoms with E-state index in [2.05, 4.69) is 35.0 Å². The van der Waals surface area contributed by atoms with Gasteiger partial charge in [0.25, 0.3) is 0 Å². The van der Waals surface area contributed by atoms with Crippen molar-refractivity contribution in [3.05, 3.63) is 29.8 Å². The summed E-state index contributed by atoms with van der Waals surface area (Å²) in [5.74, 6) is 2.76. The predicted octanol–water partition coefficient (Wildman–Crippen LogP) is 2.38. The second-order valence-electron chi connectivity index (χ2n) is 7.72. The van der Waals surface area contributed by atoms with E-state index in [1.165, 1.54) is 18.5 Å². The first kappa shape index (κ1) is 20.9. The van der Waals surface area contributed by atoms with Gasteiger partial charge in [-0.25, -0.2) is 0 Å². The summed E-state index contributed by atoms with van der Waals surface area (Å²) in [6, 6.07) is 8.17. The first-order chi connectivity index (χ1) is 13.8. The molecule has 6 nitrogen and oxygen atoms in total. The summed E-state index contributed by atoms with van der Waals surface area (Å²) >= 11 is 0. The van der Waals surface area contributed by atoms with Crippen LogP contribution >= 0.6 is 0 Å². The summed E-state index contributed by atoms with van der Waals surface area (Å²) in [5.41, 5.74) is 1.18. The molecule has 0 amide bonds. The van der Waals surface area contributed by atoms with E-state index < -0.39 is 0 Å². The van der Waals surface area contributed by atoms with E-state index >= 15 is 0 Å². The van der Waals surface area contributed by atoms with Crippen LogP contribution in [0.2, 0.25) is 0 Å².